The van der Waals surface area contributed by atoms with Gasteiger partial charge in [0.1, 0.15) is 0 Å². The predicted octanol–water partition coefficient (Wildman–Crippen LogP) is 2.74. The maximum Gasteiger partial charge on any atom is 0.270 e. The first-order chi connectivity index (χ1) is 8.61. The third-order valence-corrected chi connectivity index (χ3v) is 2.49. The molecule has 0 amide bonds. The van der Waals surface area contributed by atoms with Gasteiger partial charge >= 0.3 is 0 Å². The summed E-state index contributed by atoms with van der Waals surface area (Å²) >= 11 is 0. The Morgan fingerprint density at radius 2 is 2.05 bits per heavy atom. The molecule has 0 bridgehead atoms. The van der Waals surface area contributed by atoms with Crippen molar-refractivity contribution in [2.75, 3.05) is 18.5 Å². The molecule has 1 rings (SSSR count). The molecule has 0 aliphatic heterocycles. The molecule has 0 unspecified atom stereocenters. The van der Waals surface area contributed by atoms with Crippen molar-refractivity contribution in [3.05, 3.63) is 33.9 Å². The molecule has 0 atom stereocenters. The molecule has 0 fully saturated rings. The number of nitrogens with zero attached hydrogens (tertiary/aromatic N) is 2. The number of aliphatic hydroxyl groups is 1. The highest BCUT2D eigenvalue weighted by Crippen LogP contribution is 2.33. The fraction of sp³-hybridized carbons (Fsp3) is 0.500. The van der Waals surface area contributed by atoms with Gasteiger partial charge in [0, 0.05) is 37.0 Å². The molecule has 0 radical (unpaired) electrons. The van der Waals surface area contributed by atoms with Gasteiger partial charge in [-0.2, -0.15) is 0 Å². The number of rotatable bonds is 5. The molecule has 1 aromatic carbocycles. The molecule has 1 N–H and O–H groups in total. The maximum atomic E-state index is 13.0. The Bertz CT molecular complexity index is 473. The summed E-state index contributed by atoms with van der Waals surface area (Å²) in [6, 6.07) is 3.30. The fourth-order valence-corrected chi connectivity index (χ4v) is 1.84. The SMILES string of the molecule is CN(CC(C)(C)O)c1ccc([N+](=O)[O-])cc1C(F)F. The van der Waals surface area contributed by atoms with E-state index in [1.54, 1.807) is 20.9 Å². The molecule has 0 spiro atoms. The standard InChI is InChI=1S/C12H16F2N2O3/c1-12(2,17)7-15(3)10-5-4-8(16(18)19)6-9(10)11(13)14/h4-6,11,17H,7H2,1-3H3. The number of likely N-dealkylation sites (N-methyl/N-ethyl adjacent to an activating group) is 1. The van der Waals surface area contributed by atoms with Crippen LogP contribution in [0.1, 0.15) is 25.8 Å². The Kier molecular flexibility index (Phi) is 4.41. The van der Waals surface area contributed by atoms with E-state index in [1.165, 1.54) is 17.0 Å². The van der Waals surface area contributed by atoms with E-state index in [2.05, 4.69) is 0 Å². The molecule has 5 nitrogen and oxygen atoms in total. The number of alkyl halides is 2. The van der Waals surface area contributed by atoms with Crippen LogP contribution < -0.4 is 4.90 Å². The molecule has 0 saturated carbocycles. The summed E-state index contributed by atoms with van der Waals surface area (Å²) in [5.41, 5.74) is -1.69. The largest absolute Gasteiger partial charge is 0.389 e. The van der Waals surface area contributed by atoms with Crippen LogP contribution in [0.4, 0.5) is 20.2 Å². The van der Waals surface area contributed by atoms with E-state index in [9.17, 15) is 24.0 Å². The van der Waals surface area contributed by atoms with Crippen LogP contribution in [0.15, 0.2) is 18.2 Å². The molecular formula is C12H16F2N2O3. The lowest BCUT2D eigenvalue weighted by Gasteiger charge is -2.28. The molecular weight excluding hydrogens is 258 g/mol. The minimum absolute atomic E-state index is 0.129. The zero-order valence-electron chi connectivity index (χ0n) is 10.9. The lowest BCUT2D eigenvalue weighted by molar-refractivity contribution is -0.385. The summed E-state index contributed by atoms with van der Waals surface area (Å²) in [4.78, 5) is 11.3. The van der Waals surface area contributed by atoms with Crippen LogP contribution in [0.5, 0.6) is 0 Å². The quantitative estimate of drug-likeness (QED) is 0.662. The summed E-state index contributed by atoms with van der Waals surface area (Å²) in [5.74, 6) is 0. The van der Waals surface area contributed by atoms with Crippen molar-refractivity contribution < 1.29 is 18.8 Å². The van der Waals surface area contributed by atoms with Crippen LogP contribution in [0.2, 0.25) is 0 Å². The summed E-state index contributed by atoms with van der Waals surface area (Å²) in [6.07, 6.45) is -2.82. The summed E-state index contributed by atoms with van der Waals surface area (Å²) in [5, 5.41) is 20.3. The van der Waals surface area contributed by atoms with Crippen molar-refractivity contribution in [1.29, 1.82) is 0 Å². The van der Waals surface area contributed by atoms with Gasteiger partial charge in [-0.25, -0.2) is 8.78 Å². The highest BCUT2D eigenvalue weighted by molar-refractivity contribution is 5.58. The van der Waals surface area contributed by atoms with Crippen LogP contribution in [0.3, 0.4) is 0 Å². The highest BCUT2D eigenvalue weighted by atomic mass is 19.3. The van der Waals surface area contributed by atoms with E-state index in [1.807, 2.05) is 0 Å². The number of nitro groups is 1. The first-order valence-electron chi connectivity index (χ1n) is 5.62. The Hall–Kier alpha value is -1.76. The third kappa shape index (κ3) is 4.13. The number of benzene rings is 1. The van der Waals surface area contributed by atoms with Gasteiger partial charge in [-0.1, -0.05) is 0 Å². The van der Waals surface area contributed by atoms with Crippen molar-refractivity contribution in [3.63, 3.8) is 0 Å². The van der Waals surface area contributed by atoms with Gasteiger partial charge in [-0.3, -0.25) is 10.1 Å². The number of hydrogen-bond acceptors (Lipinski definition) is 4. The normalized spacial score (nSPS) is 11.7. The molecule has 0 aliphatic carbocycles. The third-order valence-electron chi connectivity index (χ3n) is 2.49. The Morgan fingerprint density at radius 3 is 2.47 bits per heavy atom. The van der Waals surface area contributed by atoms with E-state index in [4.69, 9.17) is 0 Å². The second kappa shape index (κ2) is 5.48. The highest BCUT2D eigenvalue weighted by Gasteiger charge is 2.23. The van der Waals surface area contributed by atoms with Gasteiger partial charge in [-0.15, -0.1) is 0 Å². The zero-order chi connectivity index (χ0) is 14.8. The summed E-state index contributed by atoms with van der Waals surface area (Å²) in [7, 11) is 1.55. The molecule has 106 valence electrons. The van der Waals surface area contributed by atoms with Gasteiger partial charge in [0.2, 0.25) is 0 Å². The Morgan fingerprint density at radius 1 is 1.47 bits per heavy atom. The van der Waals surface area contributed by atoms with E-state index < -0.39 is 22.5 Å². The van der Waals surface area contributed by atoms with Crippen LogP contribution in [-0.4, -0.2) is 29.2 Å². The van der Waals surface area contributed by atoms with Crippen LogP contribution in [0, 0.1) is 10.1 Å². The topological polar surface area (TPSA) is 66.6 Å². The van der Waals surface area contributed by atoms with Crippen molar-refractivity contribution >= 4 is 11.4 Å². The van der Waals surface area contributed by atoms with Gasteiger partial charge in [0.05, 0.1) is 10.5 Å². The van der Waals surface area contributed by atoms with Crippen molar-refractivity contribution in [2.45, 2.75) is 25.9 Å². The maximum absolute atomic E-state index is 13.0. The molecule has 0 saturated heterocycles. The second-order valence-electron chi connectivity index (χ2n) is 4.97. The number of anilines is 1. The van der Waals surface area contributed by atoms with E-state index in [-0.39, 0.29) is 17.9 Å². The fourth-order valence-electron chi connectivity index (χ4n) is 1.84. The van der Waals surface area contributed by atoms with Crippen LogP contribution >= 0.6 is 0 Å². The lowest BCUT2D eigenvalue weighted by Crippen LogP contribution is -2.36. The first-order valence-corrected chi connectivity index (χ1v) is 5.62. The van der Waals surface area contributed by atoms with E-state index in [0.29, 0.717) is 0 Å². The smallest absolute Gasteiger partial charge is 0.270 e. The monoisotopic (exact) mass is 274 g/mol. The van der Waals surface area contributed by atoms with Gasteiger partial charge < -0.3 is 10.0 Å². The summed E-state index contributed by atoms with van der Waals surface area (Å²) < 4.78 is 25.9. The van der Waals surface area contributed by atoms with Gasteiger partial charge in [-0.05, 0) is 19.9 Å². The van der Waals surface area contributed by atoms with Crippen molar-refractivity contribution in [2.24, 2.45) is 0 Å². The minimum Gasteiger partial charge on any atom is -0.389 e. The van der Waals surface area contributed by atoms with E-state index in [0.717, 1.165) is 6.07 Å². The predicted molar refractivity (Wildman–Crippen MR) is 67.6 cm³/mol. The first kappa shape index (κ1) is 15.3. The molecule has 0 aromatic heterocycles. The summed E-state index contributed by atoms with van der Waals surface area (Å²) in [6.45, 7) is 3.23. The Balaban J connectivity index is 3.16. The van der Waals surface area contributed by atoms with Crippen molar-refractivity contribution in [3.8, 4) is 0 Å². The number of halogens is 2. The number of nitro benzene ring substituents is 1. The van der Waals surface area contributed by atoms with Crippen molar-refractivity contribution in [1.82, 2.24) is 0 Å². The van der Waals surface area contributed by atoms with Gasteiger partial charge in [0.25, 0.3) is 12.1 Å². The van der Waals surface area contributed by atoms with Crippen LogP contribution in [-0.2, 0) is 0 Å². The molecule has 1 aromatic rings. The van der Waals surface area contributed by atoms with Gasteiger partial charge in [0.15, 0.2) is 0 Å². The number of non-ortho nitro benzene ring substituents is 1. The number of hydrogen-bond donors (Lipinski definition) is 1. The minimum atomic E-state index is -2.82. The molecule has 0 aliphatic rings. The van der Waals surface area contributed by atoms with Crippen LogP contribution in [0.25, 0.3) is 0 Å². The second-order valence-corrected chi connectivity index (χ2v) is 4.97. The lowest BCUT2D eigenvalue weighted by atomic mass is 10.1. The average molecular weight is 274 g/mol. The molecule has 19 heavy (non-hydrogen) atoms. The zero-order valence-corrected chi connectivity index (χ0v) is 10.9. The average Bonchev–Trinajstić information content (AvgIpc) is 2.25. The molecule has 0 heterocycles. The van der Waals surface area contributed by atoms with E-state index >= 15 is 0 Å². The molecule has 7 heteroatoms. The Labute approximate surface area is 109 Å².